The Labute approximate surface area is 121 Å². The number of aliphatic hydroxyl groups is 1. The molecule has 21 heavy (non-hydrogen) atoms. The summed E-state index contributed by atoms with van der Waals surface area (Å²) >= 11 is 0. The fourth-order valence-corrected chi connectivity index (χ4v) is 2.23. The molecule has 7 heteroatoms. The largest absolute Gasteiger partial charge is 0.394 e. The summed E-state index contributed by atoms with van der Waals surface area (Å²) in [5.41, 5.74) is 0.479. The Balaban J connectivity index is 2.03. The molecule has 116 valence electrons. The van der Waals surface area contributed by atoms with Gasteiger partial charge >= 0.3 is 6.03 Å². The molecule has 2 amide bonds. The maximum Gasteiger partial charge on any atom is 0.315 e. The van der Waals surface area contributed by atoms with Crippen molar-refractivity contribution in [1.29, 1.82) is 0 Å². The van der Waals surface area contributed by atoms with Crippen LogP contribution in [0.25, 0.3) is 0 Å². The van der Waals surface area contributed by atoms with Crippen molar-refractivity contribution in [2.45, 2.75) is 31.5 Å². The van der Waals surface area contributed by atoms with Crippen LogP contribution in [-0.2, 0) is 4.74 Å². The lowest BCUT2D eigenvalue weighted by atomic mass is 10.0. The highest BCUT2D eigenvalue weighted by molar-refractivity contribution is 5.74. The van der Waals surface area contributed by atoms with Crippen molar-refractivity contribution in [3.05, 3.63) is 35.4 Å². The van der Waals surface area contributed by atoms with Crippen LogP contribution in [0.15, 0.2) is 18.2 Å². The van der Waals surface area contributed by atoms with Crippen LogP contribution in [0.4, 0.5) is 13.6 Å². The summed E-state index contributed by atoms with van der Waals surface area (Å²) < 4.78 is 31.7. The maximum absolute atomic E-state index is 13.3. The van der Waals surface area contributed by atoms with Crippen LogP contribution in [0.2, 0.25) is 0 Å². The number of hydrogen-bond acceptors (Lipinski definition) is 3. The van der Waals surface area contributed by atoms with E-state index in [0.29, 0.717) is 18.6 Å². The summed E-state index contributed by atoms with van der Waals surface area (Å²) in [6.45, 7) is 1.92. The summed E-state index contributed by atoms with van der Waals surface area (Å²) in [7, 11) is 0. The third-order valence-corrected chi connectivity index (χ3v) is 3.33. The van der Waals surface area contributed by atoms with Gasteiger partial charge in [0, 0.05) is 6.61 Å². The number of ether oxygens (including phenoxy) is 1. The van der Waals surface area contributed by atoms with E-state index in [9.17, 15) is 13.6 Å². The summed E-state index contributed by atoms with van der Waals surface area (Å²) in [5, 5.41) is 14.2. The van der Waals surface area contributed by atoms with Gasteiger partial charge in [0.15, 0.2) is 11.6 Å². The third kappa shape index (κ3) is 3.89. The molecule has 0 aromatic heterocycles. The maximum atomic E-state index is 13.3. The minimum absolute atomic E-state index is 0.165. The second kappa shape index (κ2) is 6.82. The van der Waals surface area contributed by atoms with Crippen molar-refractivity contribution in [1.82, 2.24) is 10.6 Å². The Hall–Kier alpha value is -1.73. The second-order valence-electron chi connectivity index (χ2n) is 5.06. The Morgan fingerprint density at radius 2 is 2.24 bits per heavy atom. The highest BCUT2D eigenvalue weighted by Gasteiger charge is 2.31. The van der Waals surface area contributed by atoms with E-state index in [-0.39, 0.29) is 18.7 Å². The standard InChI is InChI=1S/C14H18F2N2O3/c1-8(7-19)17-14(20)18-12-4-5-21-13(12)9-2-3-10(15)11(16)6-9/h2-3,6,8,12-13,19H,4-5,7H2,1H3,(H2,17,18,20)/t8-,12?,13?/m0/s1. The Morgan fingerprint density at radius 3 is 2.90 bits per heavy atom. The average Bonchev–Trinajstić information content (AvgIpc) is 2.89. The number of halogens is 2. The molecule has 3 atom stereocenters. The molecule has 1 aliphatic rings. The van der Waals surface area contributed by atoms with Crippen molar-refractivity contribution in [2.24, 2.45) is 0 Å². The summed E-state index contributed by atoms with van der Waals surface area (Å²) in [5.74, 6) is -1.86. The fraction of sp³-hybridized carbons (Fsp3) is 0.500. The van der Waals surface area contributed by atoms with E-state index in [2.05, 4.69) is 10.6 Å². The lowest BCUT2D eigenvalue weighted by molar-refractivity contribution is 0.0993. The van der Waals surface area contributed by atoms with Crippen LogP contribution in [0.5, 0.6) is 0 Å². The predicted molar refractivity (Wildman–Crippen MR) is 71.7 cm³/mol. The van der Waals surface area contributed by atoms with Crippen molar-refractivity contribution in [2.75, 3.05) is 13.2 Å². The van der Waals surface area contributed by atoms with Gasteiger partial charge in [-0.05, 0) is 31.0 Å². The Kier molecular flexibility index (Phi) is 5.08. The molecule has 5 nitrogen and oxygen atoms in total. The zero-order valence-electron chi connectivity index (χ0n) is 11.6. The van der Waals surface area contributed by atoms with E-state index in [1.54, 1.807) is 6.92 Å². The lowest BCUT2D eigenvalue weighted by Crippen LogP contribution is -2.47. The molecular weight excluding hydrogens is 282 g/mol. The van der Waals surface area contributed by atoms with E-state index in [0.717, 1.165) is 12.1 Å². The zero-order valence-corrected chi connectivity index (χ0v) is 11.6. The quantitative estimate of drug-likeness (QED) is 0.788. The Morgan fingerprint density at radius 1 is 1.48 bits per heavy atom. The minimum Gasteiger partial charge on any atom is -0.394 e. The van der Waals surface area contributed by atoms with Crippen LogP contribution in [-0.4, -0.2) is 36.4 Å². The number of benzene rings is 1. The summed E-state index contributed by atoms with van der Waals surface area (Å²) in [6.07, 6.45) is 0.0557. The molecule has 1 saturated heterocycles. The van der Waals surface area contributed by atoms with E-state index in [1.807, 2.05) is 0 Å². The number of carbonyl (C=O) groups excluding carboxylic acids is 1. The van der Waals surface area contributed by atoms with E-state index < -0.39 is 23.8 Å². The summed E-state index contributed by atoms with van der Waals surface area (Å²) in [4.78, 5) is 11.7. The number of nitrogens with one attached hydrogen (secondary N) is 2. The first-order valence-corrected chi connectivity index (χ1v) is 6.75. The first kappa shape index (κ1) is 15.7. The van der Waals surface area contributed by atoms with Crippen molar-refractivity contribution in [3.63, 3.8) is 0 Å². The van der Waals surface area contributed by atoms with Gasteiger partial charge in [0.05, 0.1) is 18.7 Å². The molecule has 1 aliphatic heterocycles. The monoisotopic (exact) mass is 300 g/mol. The lowest BCUT2D eigenvalue weighted by Gasteiger charge is -2.21. The van der Waals surface area contributed by atoms with Gasteiger partial charge in [-0.2, -0.15) is 0 Å². The summed E-state index contributed by atoms with van der Waals surface area (Å²) in [6, 6.07) is 2.43. The minimum atomic E-state index is -0.944. The fourth-order valence-electron chi connectivity index (χ4n) is 2.23. The molecule has 1 fully saturated rings. The third-order valence-electron chi connectivity index (χ3n) is 3.33. The molecule has 3 N–H and O–H groups in total. The van der Waals surface area contributed by atoms with Gasteiger partial charge in [-0.25, -0.2) is 13.6 Å². The van der Waals surface area contributed by atoms with Gasteiger partial charge in [0.25, 0.3) is 0 Å². The first-order chi connectivity index (χ1) is 10.0. The van der Waals surface area contributed by atoms with Crippen LogP contribution in [0, 0.1) is 11.6 Å². The molecule has 1 heterocycles. The van der Waals surface area contributed by atoms with Gasteiger partial charge in [0.1, 0.15) is 6.10 Å². The number of hydrogen-bond donors (Lipinski definition) is 3. The van der Waals surface area contributed by atoms with Gasteiger partial charge in [-0.3, -0.25) is 0 Å². The second-order valence-corrected chi connectivity index (χ2v) is 5.06. The average molecular weight is 300 g/mol. The van der Waals surface area contributed by atoms with Crippen LogP contribution in [0.3, 0.4) is 0 Å². The van der Waals surface area contributed by atoms with Crippen molar-refractivity contribution in [3.8, 4) is 0 Å². The molecule has 1 aromatic rings. The van der Waals surface area contributed by atoms with Crippen molar-refractivity contribution >= 4 is 6.03 Å². The predicted octanol–water partition coefficient (Wildman–Crippen LogP) is 1.47. The topological polar surface area (TPSA) is 70.6 Å². The van der Waals surface area contributed by atoms with Crippen LogP contribution >= 0.6 is 0 Å². The highest BCUT2D eigenvalue weighted by Crippen LogP contribution is 2.29. The normalized spacial score (nSPS) is 22.9. The highest BCUT2D eigenvalue weighted by atomic mass is 19.2. The molecule has 0 bridgehead atoms. The number of rotatable bonds is 4. The van der Waals surface area contributed by atoms with Gasteiger partial charge < -0.3 is 20.5 Å². The first-order valence-electron chi connectivity index (χ1n) is 6.75. The Bertz CT molecular complexity index is 513. The SMILES string of the molecule is C[C@@H](CO)NC(=O)NC1CCOC1c1ccc(F)c(F)c1. The smallest absolute Gasteiger partial charge is 0.315 e. The molecule has 0 spiro atoms. The zero-order chi connectivity index (χ0) is 15.4. The van der Waals surface area contributed by atoms with Crippen LogP contribution in [0.1, 0.15) is 25.0 Å². The number of amides is 2. The molecule has 0 radical (unpaired) electrons. The molecule has 1 aromatic carbocycles. The van der Waals surface area contributed by atoms with Gasteiger partial charge in [-0.1, -0.05) is 6.07 Å². The van der Waals surface area contributed by atoms with Gasteiger partial charge in [0.2, 0.25) is 0 Å². The number of carbonyl (C=O) groups is 1. The van der Waals surface area contributed by atoms with E-state index >= 15 is 0 Å². The van der Waals surface area contributed by atoms with Crippen LogP contribution < -0.4 is 10.6 Å². The molecule has 2 unspecified atom stereocenters. The molecule has 2 rings (SSSR count). The number of urea groups is 1. The molecular formula is C14H18F2N2O3. The molecule has 0 aliphatic carbocycles. The van der Waals surface area contributed by atoms with E-state index in [1.165, 1.54) is 6.07 Å². The van der Waals surface area contributed by atoms with Crippen molar-refractivity contribution < 1.29 is 23.4 Å². The van der Waals surface area contributed by atoms with Gasteiger partial charge in [-0.15, -0.1) is 0 Å². The number of aliphatic hydroxyl groups excluding tert-OH is 1. The molecule has 0 saturated carbocycles. The van der Waals surface area contributed by atoms with E-state index in [4.69, 9.17) is 9.84 Å².